The molecule has 0 spiro atoms. The fourth-order valence-electron chi connectivity index (χ4n) is 1.71. The van der Waals surface area contributed by atoms with Crippen LogP contribution in [0.15, 0.2) is 12.1 Å². The minimum atomic E-state index is 0.525. The van der Waals surface area contributed by atoms with Crippen LogP contribution in [0.25, 0.3) is 0 Å². The molecule has 0 atom stereocenters. The highest BCUT2D eigenvalue weighted by atomic mass is 16.3. The van der Waals surface area contributed by atoms with Gasteiger partial charge in [-0.1, -0.05) is 12.1 Å². The molecular weight excluding hydrogens is 148 g/mol. The summed E-state index contributed by atoms with van der Waals surface area (Å²) < 4.78 is 0. The Morgan fingerprint density at radius 1 is 1.17 bits per heavy atom. The summed E-state index contributed by atoms with van der Waals surface area (Å²) in [6.45, 7) is 4.04. The minimum Gasteiger partial charge on any atom is -0.507 e. The van der Waals surface area contributed by atoms with Gasteiger partial charge in [0.25, 0.3) is 0 Å². The predicted octanol–water partition coefficient (Wildman–Crippen LogP) is 2.89. The van der Waals surface area contributed by atoms with Crippen LogP contribution in [0.1, 0.15) is 35.4 Å². The fraction of sp³-hybridized carbons (Fsp3) is 0.455. The van der Waals surface area contributed by atoms with Gasteiger partial charge in [0.15, 0.2) is 0 Å². The van der Waals surface area contributed by atoms with Crippen molar-refractivity contribution in [1.82, 2.24) is 0 Å². The third-order valence-electron chi connectivity index (χ3n) is 2.62. The molecule has 1 heteroatoms. The first-order chi connectivity index (χ1) is 5.70. The number of phenols is 1. The Labute approximate surface area is 73.0 Å². The van der Waals surface area contributed by atoms with E-state index >= 15 is 0 Å². The maximum absolute atomic E-state index is 9.79. The maximum atomic E-state index is 9.79. The smallest absolute Gasteiger partial charge is 0.122 e. The standard InChI is InChI=1S/C11H14O/c1-7-3-4-8(2)11(12)10(7)9-5-6-9/h3-4,9,12H,5-6H2,1-2H3. The van der Waals surface area contributed by atoms with Gasteiger partial charge in [0.2, 0.25) is 0 Å². The van der Waals surface area contributed by atoms with Crippen LogP contribution in [-0.4, -0.2) is 5.11 Å². The number of aromatic hydroxyl groups is 1. The normalized spacial score (nSPS) is 16.5. The minimum absolute atomic E-state index is 0.525. The van der Waals surface area contributed by atoms with E-state index in [9.17, 15) is 5.11 Å². The first kappa shape index (κ1) is 7.66. The second-order valence-electron chi connectivity index (χ2n) is 3.74. The van der Waals surface area contributed by atoms with Crippen LogP contribution in [0.2, 0.25) is 0 Å². The molecule has 1 aliphatic rings. The predicted molar refractivity (Wildman–Crippen MR) is 49.6 cm³/mol. The Kier molecular flexibility index (Phi) is 1.60. The van der Waals surface area contributed by atoms with E-state index in [-0.39, 0.29) is 0 Å². The Bertz CT molecular complexity index is 311. The molecule has 1 aliphatic carbocycles. The average Bonchev–Trinajstić information content (AvgIpc) is 2.81. The van der Waals surface area contributed by atoms with Crippen molar-refractivity contribution >= 4 is 0 Å². The van der Waals surface area contributed by atoms with E-state index in [0.717, 1.165) is 5.56 Å². The third-order valence-corrected chi connectivity index (χ3v) is 2.62. The molecule has 1 aromatic carbocycles. The lowest BCUT2D eigenvalue weighted by atomic mass is 10.0. The lowest BCUT2D eigenvalue weighted by molar-refractivity contribution is 0.463. The molecule has 0 aromatic heterocycles. The molecule has 0 heterocycles. The monoisotopic (exact) mass is 162 g/mol. The van der Waals surface area contributed by atoms with Gasteiger partial charge in [0, 0.05) is 5.56 Å². The molecule has 1 saturated carbocycles. The van der Waals surface area contributed by atoms with Crippen LogP contribution in [0.5, 0.6) is 5.75 Å². The van der Waals surface area contributed by atoms with Gasteiger partial charge in [-0.15, -0.1) is 0 Å². The van der Waals surface area contributed by atoms with E-state index in [4.69, 9.17) is 0 Å². The molecule has 0 radical (unpaired) electrons. The zero-order chi connectivity index (χ0) is 8.72. The van der Waals surface area contributed by atoms with Crippen molar-refractivity contribution in [2.24, 2.45) is 0 Å². The van der Waals surface area contributed by atoms with Crippen molar-refractivity contribution in [3.05, 3.63) is 28.8 Å². The molecule has 0 amide bonds. The summed E-state index contributed by atoms with van der Waals surface area (Å²) in [5.41, 5.74) is 3.43. The van der Waals surface area contributed by atoms with Gasteiger partial charge >= 0.3 is 0 Å². The summed E-state index contributed by atoms with van der Waals surface area (Å²) in [6.07, 6.45) is 2.50. The molecule has 64 valence electrons. The Hall–Kier alpha value is -0.980. The van der Waals surface area contributed by atoms with E-state index in [2.05, 4.69) is 13.0 Å². The van der Waals surface area contributed by atoms with E-state index < -0.39 is 0 Å². The van der Waals surface area contributed by atoms with Crippen LogP contribution < -0.4 is 0 Å². The zero-order valence-corrected chi connectivity index (χ0v) is 7.59. The van der Waals surface area contributed by atoms with Gasteiger partial charge in [-0.3, -0.25) is 0 Å². The van der Waals surface area contributed by atoms with Crippen molar-refractivity contribution in [2.75, 3.05) is 0 Å². The summed E-state index contributed by atoms with van der Waals surface area (Å²) in [5, 5.41) is 9.79. The van der Waals surface area contributed by atoms with Gasteiger partial charge in [0.1, 0.15) is 5.75 Å². The molecule has 0 saturated heterocycles. The summed E-state index contributed by atoms with van der Waals surface area (Å²) in [5.74, 6) is 1.17. The summed E-state index contributed by atoms with van der Waals surface area (Å²) in [4.78, 5) is 0. The van der Waals surface area contributed by atoms with Crippen molar-refractivity contribution in [1.29, 1.82) is 0 Å². The highest BCUT2D eigenvalue weighted by Crippen LogP contribution is 2.46. The molecular formula is C11H14O. The largest absolute Gasteiger partial charge is 0.507 e. The Morgan fingerprint density at radius 3 is 2.33 bits per heavy atom. The van der Waals surface area contributed by atoms with Gasteiger partial charge in [0.05, 0.1) is 0 Å². The average molecular weight is 162 g/mol. The van der Waals surface area contributed by atoms with E-state index in [0.29, 0.717) is 11.7 Å². The Balaban J connectivity index is 2.55. The van der Waals surface area contributed by atoms with Crippen LogP contribution in [0.4, 0.5) is 0 Å². The number of hydrogen-bond acceptors (Lipinski definition) is 1. The molecule has 1 N–H and O–H groups in total. The zero-order valence-electron chi connectivity index (χ0n) is 7.59. The van der Waals surface area contributed by atoms with E-state index in [1.165, 1.54) is 24.0 Å². The van der Waals surface area contributed by atoms with Crippen molar-refractivity contribution in [2.45, 2.75) is 32.6 Å². The number of phenolic OH excluding ortho intramolecular Hbond substituents is 1. The van der Waals surface area contributed by atoms with Crippen molar-refractivity contribution < 1.29 is 5.11 Å². The van der Waals surface area contributed by atoms with Crippen molar-refractivity contribution in [3.8, 4) is 5.75 Å². The Morgan fingerprint density at radius 2 is 1.75 bits per heavy atom. The number of rotatable bonds is 1. The first-order valence-corrected chi connectivity index (χ1v) is 4.49. The second kappa shape index (κ2) is 2.51. The fourth-order valence-corrected chi connectivity index (χ4v) is 1.71. The maximum Gasteiger partial charge on any atom is 0.122 e. The first-order valence-electron chi connectivity index (χ1n) is 4.49. The molecule has 1 fully saturated rings. The summed E-state index contributed by atoms with van der Waals surface area (Å²) in [6, 6.07) is 4.08. The van der Waals surface area contributed by atoms with Crippen LogP contribution in [0, 0.1) is 13.8 Å². The van der Waals surface area contributed by atoms with Crippen LogP contribution >= 0.6 is 0 Å². The summed E-state index contributed by atoms with van der Waals surface area (Å²) in [7, 11) is 0. The lowest BCUT2D eigenvalue weighted by Crippen LogP contribution is -1.88. The molecule has 1 nitrogen and oxygen atoms in total. The molecule has 0 unspecified atom stereocenters. The lowest BCUT2D eigenvalue weighted by Gasteiger charge is -2.08. The molecule has 0 aliphatic heterocycles. The van der Waals surface area contributed by atoms with Crippen molar-refractivity contribution in [3.63, 3.8) is 0 Å². The van der Waals surface area contributed by atoms with Gasteiger partial charge < -0.3 is 5.11 Å². The van der Waals surface area contributed by atoms with Crippen LogP contribution in [-0.2, 0) is 0 Å². The number of benzene rings is 1. The SMILES string of the molecule is Cc1ccc(C)c(C2CC2)c1O. The van der Waals surface area contributed by atoms with Gasteiger partial charge in [-0.05, 0) is 43.7 Å². The quantitative estimate of drug-likeness (QED) is 0.673. The third kappa shape index (κ3) is 1.09. The molecule has 12 heavy (non-hydrogen) atoms. The number of aryl methyl sites for hydroxylation is 2. The summed E-state index contributed by atoms with van der Waals surface area (Å²) >= 11 is 0. The molecule has 2 rings (SSSR count). The molecule has 1 aromatic rings. The van der Waals surface area contributed by atoms with E-state index in [1.54, 1.807) is 0 Å². The van der Waals surface area contributed by atoms with Gasteiger partial charge in [-0.25, -0.2) is 0 Å². The van der Waals surface area contributed by atoms with Crippen LogP contribution in [0.3, 0.4) is 0 Å². The van der Waals surface area contributed by atoms with E-state index in [1.807, 2.05) is 13.0 Å². The highest BCUT2D eigenvalue weighted by molar-refractivity contribution is 5.48. The topological polar surface area (TPSA) is 20.2 Å². The van der Waals surface area contributed by atoms with Gasteiger partial charge in [-0.2, -0.15) is 0 Å². The molecule has 0 bridgehead atoms. The number of hydrogen-bond donors (Lipinski definition) is 1. The second-order valence-corrected chi connectivity index (χ2v) is 3.74. The highest BCUT2D eigenvalue weighted by Gasteiger charge is 2.28.